The molecule has 0 N–H and O–H groups in total. The van der Waals surface area contributed by atoms with Crippen molar-refractivity contribution in [1.29, 1.82) is 0 Å². The topological polar surface area (TPSA) is 60.2 Å². The van der Waals surface area contributed by atoms with Crippen LogP contribution in [0.1, 0.15) is 36.6 Å². The Morgan fingerprint density at radius 3 is 2.46 bits per heavy atom. The molecule has 0 bridgehead atoms. The van der Waals surface area contributed by atoms with Gasteiger partial charge in [0.1, 0.15) is 18.1 Å². The molecule has 1 amide bonds. The van der Waals surface area contributed by atoms with Gasteiger partial charge in [0.15, 0.2) is 0 Å². The van der Waals surface area contributed by atoms with Crippen LogP contribution in [0, 0.1) is 0 Å². The molecule has 0 unspecified atom stereocenters. The smallest absolute Gasteiger partial charge is 0.230 e. The molecule has 28 heavy (non-hydrogen) atoms. The third-order valence-corrected chi connectivity index (χ3v) is 5.14. The van der Waals surface area contributed by atoms with E-state index in [9.17, 15) is 4.79 Å². The number of ether oxygens (including phenoxy) is 1. The summed E-state index contributed by atoms with van der Waals surface area (Å²) in [6.45, 7) is 3.78. The molecule has 6 heteroatoms. The molecular weight excluding hydrogens is 352 g/mol. The van der Waals surface area contributed by atoms with Crippen molar-refractivity contribution in [1.82, 2.24) is 19.9 Å². The van der Waals surface area contributed by atoms with Crippen LogP contribution < -0.4 is 4.74 Å². The normalized spacial score (nSPS) is 15.1. The molecule has 0 saturated carbocycles. The summed E-state index contributed by atoms with van der Waals surface area (Å²) in [4.78, 5) is 14.8. The van der Waals surface area contributed by atoms with Gasteiger partial charge < -0.3 is 9.64 Å². The van der Waals surface area contributed by atoms with Gasteiger partial charge in [-0.05, 0) is 24.1 Å². The lowest BCUT2D eigenvalue weighted by Gasteiger charge is -2.40. The highest BCUT2D eigenvalue weighted by atomic mass is 16.5. The molecule has 1 fully saturated rings. The molecule has 4 rings (SSSR count). The van der Waals surface area contributed by atoms with E-state index in [0.29, 0.717) is 19.7 Å². The largest absolute Gasteiger partial charge is 0.487 e. The van der Waals surface area contributed by atoms with Gasteiger partial charge in [0.25, 0.3) is 0 Å². The molecule has 1 saturated heterocycles. The average Bonchev–Trinajstić information content (AvgIpc) is 3.16. The van der Waals surface area contributed by atoms with Crippen LogP contribution in [0.4, 0.5) is 0 Å². The standard InChI is InChI=1S/C22H24N4O2/c1-2-21(17-9-5-3-6-10-17)22(27)25-14-19(15-25)26-13-18(23-24-26)16-28-20-11-7-4-8-12-20/h3-13,19,21H,2,14-16H2,1H3/t21-/m0/s1. The molecule has 1 aromatic heterocycles. The molecule has 1 atom stereocenters. The number of rotatable bonds is 7. The minimum atomic E-state index is -0.0762. The Morgan fingerprint density at radius 2 is 1.79 bits per heavy atom. The second-order valence-corrected chi connectivity index (χ2v) is 7.06. The lowest BCUT2D eigenvalue weighted by atomic mass is 9.93. The maximum atomic E-state index is 12.9. The van der Waals surface area contributed by atoms with E-state index in [4.69, 9.17) is 4.74 Å². The van der Waals surface area contributed by atoms with Crippen LogP contribution in [0.5, 0.6) is 5.75 Å². The van der Waals surface area contributed by atoms with Crippen molar-refractivity contribution in [2.75, 3.05) is 13.1 Å². The Hall–Kier alpha value is -3.15. The summed E-state index contributed by atoms with van der Waals surface area (Å²) in [5, 5.41) is 8.40. The van der Waals surface area contributed by atoms with E-state index in [0.717, 1.165) is 23.4 Å². The van der Waals surface area contributed by atoms with Crippen LogP contribution in [0.25, 0.3) is 0 Å². The highest BCUT2D eigenvalue weighted by Gasteiger charge is 2.36. The van der Waals surface area contributed by atoms with Crippen LogP contribution in [-0.2, 0) is 11.4 Å². The van der Waals surface area contributed by atoms with E-state index in [1.54, 1.807) is 0 Å². The van der Waals surface area contributed by atoms with Gasteiger partial charge in [-0.3, -0.25) is 4.79 Å². The number of carbonyl (C=O) groups excluding carboxylic acids is 1. The number of para-hydroxylation sites is 1. The zero-order chi connectivity index (χ0) is 19.3. The van der Waals surface area contributed by atoms with Crippen LogP contribution in [-0.4, -0.2) is 38.9 Å². The van der Waals surface area contributed by atoms with Crippen molar-refractivity contribution in [2.24, 2.45) is 0 Å². The highest BCUT2D eigenvalue weighted by molar-refractivity contribution is 5.84. The minimum Gasteiger partial charge on any atom is -0.487 e. The van der Waals surface area contributed by atoms with E-state index < -0.39 is 0 Å². The Labute approximate surface area is 164 Å². The monoisotopic (exact) mass is 376 g/mol. The molecule has 3 aromatic rings. The van der Waals surface area contributed by atoms with E-state index in [2.05, 4.69) is 17.2 Å². The van der Waals surface area contributed by atoms with Crippen molar-refractivity contribution in [2.45, 2.75) is 31.9 Å². The molecule has 1 aliphatic rings. The number of benzene rings is 2. The van der Waals surface area contributed by atoms with Gasteiger partial charge in [0, 0.05) is 13.1 Å². The number of hydrogen-bond donors (Lipinski definition) is 0. The lowest BCUT2D eigenvalue weighted by molar-refractivity contribution is -0.139. The minimum absolute atomic E-state index is 0.0762. The summed E-state index contributed by atoms with van der Waals surface area (Å²) in [5.74, 6) is 0.925. The Balaban J connectivity index is 1.31. The van der Waals surface area contributed by atoms with Crippen molar-refractivity contribution in [3.63, 3.8) is 0 Å². The van der Waals surface area contributed by atoms with Crippen molar-refractivity contribution >= 4 is 5.91 Å². The number of hydrogen-bond acceptors (Lipinski definition) is 4. The molecule has 2 aromatic carbocycles. The predicted molar refractivity (Wildman–Crippen MR) is 106 cm³/mol. The van der Waals surface area contributed by atoms with Crippen LogP contribution in [0.15, 0.2) is 66.9 Å². The highest BCUT2D eigenvalue weighted by Crippen LogP contribution is 2.28. The molecule has 6 nitrogen and oxygen atoms in total. The summed E-state index contributed by atoms with van der Waals surface area (Å²) in [7, 11) is 0. The van der Waals surface area contributed by atoms with E-state index >= 15 is 0 Å². The third kappa shape index (κ3) is 3.91. The van der Waals surface area contributed by atoms with Gasteiger partial charge in [-0.1, -0.05) is 60.7 Å². The third-order valence-electron chi connectivity index (χ3n) is 5.14. The van der Waals surface area contributed by atoms with Crippen molar-refractivity contribution in [3.8, 4) is 5.75 Å². The molecule has 2 heterocycles. The fraction of sp³-hybridized carbons (Fsp3) is 0.318. The lowest BCUT2D eigenvalue weighted by Crippen LogP contribution is -2.52. The van der Waals surface area contributed by atoms with Gasteiger partial charge >= 0.3 is 0 Å². The number of nitrogens with zero attached hydrogens (tertiary/aromatic N) is 4. The van der Waals surface area contributed by atoms with Gasteiger partial charge in [-0.25, -0.2) is 4.68 Å². The van der Waals surface area contributed by atoms with Gasteiger partial charge in [-0.2, -0.15) is 0 Å². The van der Waals surface area contributed by atoms with Gasteiger partial charge in [0.05, 0.1) is 18.2 Å². The zero-order valence-corrected chi connectivity index (χ0v) is 15.9. The summed E-state index contributed by atoms with van der Waals surface area (Å²) >= 11 is 0. The summed E-state index contributed by atoms with van der Waals surface area (Å²) in [5.41, 5.74) is 1.86. The first-order valence-electron chi connectivity index (χ1n) is 9.67. The van der Waals surface area contributed by atoms with Gasteiger partial charge in [-0.15, -0.1) is 5.10 Å². The Morgan fingerprint density at radius 1 is 1.11 bits per heavy atom. The van der Waals surface area contributed by atoms with E-state index in [-0.39, 0.29) is 17.9 Å². The molecule has 0 radical (unpaired) electrons. The summed E-state index contributed by atoms with van der Waals surface area (Å²) in [6, 6.07) is 19.8. The second-order valence-electron chi connectivity index (χ2n) is 7.06. The average molecular weight is 376 g/mol. The number of likely N-dealkylation sites (tertiary alicyclic amines) is 1. The quantitative estimate of drug-likeness (QED) is 0.634. The number of aromatic nitrogens is 3. The Kier molecular flexibility index (Phi) is 5.37. The first kappa shape index (κ1) is 18.2. The maximum Gasteiger partial charge on any atom is 0.230 e. The molecular formula is C22H24N4O2. The SMILES string of the molecule is CC[C@H](C(=O)N1CC(n2cc(COc3ccccc3)nn2)C1)c1ccccc1. The van der Waals surface area contributed by atoms with E-state index in [1.807, 2.05) is 76.4 Å². The number of carbonyl (C=O) groups is 1. The fourth-order valence-electron chi connectivity index (χ4n) is 3.49. The van der Waals surface area contributed by atoms with Crippen LogP contribution in [0.3, 0.4) is 0 Å². The van der Waals surface area contributed by atoms with Crippen LogP contribution in [0.2, 0.25) is 0 Å². The summed E-state index contributed by atoms with van der Waals surface area (Å²) < 4.78 is 7.55. The molecule has 0 aliphatic carbocycles. The predicted octanol–water partition coefficient (Wildman–Crippen LogP) is 3.43. The maximum absolute atomic E-state index is 12.9. The zero-order valence-electron chi connectivity index (χ0n) is 15.9. The summed E-state index contributed by atoms with van der Waals surface area (Å²) in [6.07, 6.45) is 2.71. The van der Waals surface area contributed by atoms with Crippen molar-refractivity contribution < 1.29 is 9.53 Å². The van der Waals surface area contributed by atoms with Crippen LogP contribution >= 0.6 is 0 Å². The first-order valence-corrected chi connectivity index (χ1v) is 9.67. The first-order chi connectivity index (χ1) is 13.7. The van der Waals surface area contributed by atoms with Gasteiger partial charge in [0.2, 0.25) is 5.91 Å². The Bertz CT molecular complexity index is 905. The number of amides is 1. The van der Waals surface area contributed by atoms with E-state index in [1.165, 1.54) is 0 Å². The molecule has 144 valence electrons. The second kappa shape index (κ2) is 8.25. The molecule has 0 spiro atoms. The molecule has 1 aliphatic heterocycles. The fourth-order valence-corrected chi connectivity index (χ4v) is 3.49. The van der Waals surface area contributed by atoms with Crippen molar-refractivity contribution in [3.05, 3.63) is 78.1 Å².